The van der Waals surface area contributed by atoms with Crippen LogP contribution in [0.3, 0.4) is 0 Å². The van der Waals surface area contributed by atoms with Crippen molar-refractivity contribution in [2.24, 2.45) is 11.7 Å². The van der Waals surface area contributed by atoms with Crippen molar-refractivity contribution in [2.75, 3.05) is 11.1 Å². The molecule has 0 aromatic heterocycles. The van der Waals surface area contributed by atoms with Gasteiger partial charge in [-0.1, -0.05) is 19.9 Å². The molecule has 0 fully saturated rings. The predicted octanol–water partition coefficient (Wildman–Crippen LogP) is 1.97. The van der Waals surface area contributed by atoms with E-state index in [-0.39, 0.29) is 5.91 Å². The minimum atomic E-state index is -0.459. The fraction of sp³-hybridized carbons (Fsp3) is 0.462. The molecule has 1 rings (SSSR count). The first kappa shape index (κ1) is 13.5. The summed E-state index contributed by atoms with van der Waals surface area (Å²) < 4.78 is 0. The van der Waals surface area contributed by atoms with Gasteiger partial charge in [0.25, 0.3) is 0 Å². The van der Waals surface area contributed by atoms with Gasteiger partial charge in [-0.2, -0.15) is 0 Å². The number of nitrogen functional groups attached to an aromatic ring is 1. The lowest BCUT2D eigenvalue weighted by molar-refractivity contribution is -0.117. The molecule has 0 heterocycles. The Morgan fingerprint density at radius 1 is 1.35 bits per heavy atom. The van der Waals surface area contributed by atoms with E-state index in [1.54, 1.807) is 24.3 Å². The summed E-state index contributed by atoms with van der Waals surface area (Å²) in [5.74, 6) is 0.400. The number of amides is 1. The van der Waals surface area contributed by atoms with Crippen molar-refractivity contribution in [1.29, 1.82) is 0 Å². The third-order valence-corrected chi connectivity index (χ3v) is 2.55. The van der Waals surface area contributed by atoms with Crippen molar-refractivity contribution in [3.63, 3.8) is 0 Å². The van der Waals surface area contributed by atoms with Gasteiger partial charge in [0.1, 0.15) is 0 Å². The molecule has 4 nitrogen and oxygen atoms in total. The molecule has 1 unspecified atom stereocenters. The highest BCUT2D eigenvalue weighted by molar-refractivity contribution is 5.94. The van der Waals surface area contributed by atoms with Crippen LogP contribution >= 0.6 is 0 Å². The van der Waals surface area contributed by atoms with E-state index in [2.05, 4.69) is 19.2 Å². The Hall–Kier alpha value is -1.55. The van der Waals surface area contributed by atoms with Gasteiger partial charge in [0.05, 0.1) is 6.04 Å². The normalized spacial score (nSPS) is 12.5. The lowest BCUT2D eigenvalue weighted by atomic mass is 10.0. The number of hydrogen-bond acceptors (Lipinski definition) is 3. The average Bonchev–Trinajstić information content (AvgIpc) is 2.25. The van der Waals surface area contributed by atoms with Crippen LogP contribution in [0.4, 0.5) is 11.4 Å². The number of rotatable bonds is 5. The van der Waals surface area contributed by atoms with Crippen LogP contribution in [0.2, 0.25) is 0 Å². The number of anilines is 2. The fourth-order valence-electron chi connectivity index (χ4n) is 1.50. The molecule has 5 N–H and O–H groups in total. The summed E-state index contributed by atoms with van der Waals surface area (Å²) in [4.78, 5) is 11.8. The van der Waals surface area contributed by atoms with E-state index in [0.717, 1.165) is 6.42 Å². The first-order valence-electron chi connectivity index (χ1n) is 5.91. The summed E-state index contributed by atoms with van der Waals surface area (Å²) >= 11 is 0. The highest BCUT2D eigenvalue weighted by atomic mass is 16.2. The molecular weight excluding hydrogens is 214 g/mol. The molecule has 0 radical (unpaired) electrons. The van der Waals surface area contributed by atoms with E-state index < -0.39 is 6.04 Å². The maximum absolute atomic E-state index is 11.8. The van der Waals surface area contributed by atoms with Gasteiger partial charge < -0.3 is 16.8 Å². The summed E-state index contributed by atoms with van der Waals surface area (Å²) in [6.07, 6.45) is 1.65. The molecule has 17 heavy (non-hydrogen) atoms. The Labute approximate surface area is 102 Å². The molecule has 0 spiro atoms. The Morgan fingerprint density at radius 2 is 2.06 bits per heavy atom. The standard InChI is InChI=1S/C13H21N3O/c1-9(2)6-7-12(15)13(17)16-11-5-3-4-10(14)8-11/h3-5,8-9,12H,6-7,14-15H2,1-2H3,(H,16,17). The van der Waals surface area contributed by atoms with Gasteiger partial charge in [0.15, 0.2) is 0 Å². The van der Waals surface area contributed by atoms with Crippen molar-refractivity contribution in [2.45, 2.75) is 32.7 Å². The molecule has 0 bridgehead atoms. The van der Waals surface area contributed by atoms with Crippen LogP contribution in [-0.4, -0.2) is 11.9 Å². The zero-order chi connectivity index (χ0) is 12.8. The number of nitrogens with one attached hydrogen (secondary N) is 1. The van der Waals surface area contributed by atoms with Gasteiger partial charge in [-0.15, -0.1) is 0 Å². The Morgan fingerprint density at radius 3 is 2.65 bits per heavy atom. The van der Waals surface area contributed by atoms with Gasteiger partial charge in [-0.3, -0.25) is 4.79 Å². The molecule has 1 atom stereocenters. The maximum atomic E-state index is 11.8. The smallest absolute Gasteiger partial charge is 0.241 e. The van der Waals surface area contributed by atoms with Crippen molar-refractivity contribution < 1.29 is 4.79 Å². The summed E-state index contributed by atoms with van der Waals surface area (Å²) in [6.45, 7) is 4.23. The molecule has 0 aliphatic rings. The Balaban J connectivity index is 2.48. The van der Waals surface area contributed by atoms with Gasteiger partial charge in [-0.05, 0) is 37.0 Å². The third-order valence-electron chi connectivity index (χ3n) is 2.55. The van der Waals surface area contributed by atoms with E-state index in [0.29, 0.717) is 23.7 Å². The van der Waals surface area contributed by atoms with Gasteiger partial charge >= 0.3 is 0 Å². The number of carbonyl (C=O) groups excluding carboxylic acids is 1. The van der Waals surface area contributed by atoms with E-state index in [1.807, 2.05) is 0 Å². The molecule has 1 aromatic rings. The first-order chi connectivity index (χ1) is 7.99. The maximum Gasteiger partial charge on any atom is 0.241 e. The second kappa shape index (κ2) is 6.25. The molecule has 1 aromatic carbocycles. The summed E-state index contributed by atoms with van der Waals surface area (Å²) in [5.41, 5.74) is 12.7. The molecular formula is C13H21N3O. The highest BCUT2D eigenvalue weighted by Crippen LogP contribution is 2.13. The van der Waals surface area contributed by atoms with Crippen LogP contribution in [0, 0.1) is 5.92 Å². The van der Waals surface area contributed by atoms with Crippen molar-refractivity contribution in [3.8, 4) is 0 Å². The quantitative estimate of drug-likeness (QED) is 0.682. The van der Waals surface area contributed by atoms with E-state index >= 15 is 0 Å². The van der Waals surface area contributed by atoms with Crippen LogP contribution in [0.1, 0.15) is 26.7 Å². The first-order valence-corrected chi connectivity index (χ1v) is 5.91. The minimum absolute atomic E-state index is 0.156. The fourth-order valence-corrected chi connectivity index (χ4v) is 1.50. The second-order valence-corrected chi connectivity index (χ2v) is 4.69. The topological polar surface area (TPSA) is 81.1 Å². The van der Waals surface area contributed by atoms with Crippen LogP contribution in [0.5, 0.6) is 0 Å². The predicted molar refractivity (Wildman–Crippen MR) is 71.5 cm³/mol. The van der Waals surface area contributed by atoms with Crippen molar-refractivity contribution in [3.05, 3.63) is 24.3 Å². The zero-order valence-corrected chi connectivity index (χ0v) is 10.4. The second-order valence-electron chi connectivity index (χ2n) is 4.69. The number of hydrogen-bond donors (Lipinski definition) is 3. The monoisotopic (exact) mass is 235 g/mol. The molecule has 4 heteroatoms. The number of nitrogens with two attached hydrogens (primary N) is 2. The van der Waals surface area contributed by atoms with Gasteiger partial charge in [0, 0.05) is 11.4 Å². The summed E-state index contributed by atoms with van der Waals surface area (Å²) in [6, 6.07) is 6.62. The number of benzene rings is 1. The van der Waals surface area contributed by atoms with Crippen LogP contribution in [0.25, 0.3) is 0 Å². The Kier molecular flexibility index (Phi) is 4.97. The molecule has 0 aliphatic carbocycles. The molecule has 0 saturated carbocycles. The zero-order valence-electron chi connectivity index (χ0n) is 10.4. The van der Waals surface area contributed by atoms with Crippen molar-refractivity contribution in [1.82, 2.24) is 0 Å². The van der Waals surface area contributed by atoms with Gasteiger partial charge in [0.2, 0.25) is 5.91 Å². The largest absolute Gasteiger partial charge is 0.399 e. The third kappa shape index (κ3) is 4.87. The van der Waals surface area contributed by atoms with E-state index in [9.17, 15) is 4.79 Å². The molecule has 1 amide bonds. The Bertz CT molecular complexity index is 377. The van der Waals surface area contributed by atoms with Crippen LogP contribution < -0.4 is 16.8 Å². The van der Waals surface area contributed by atoms with Crippen LogP contribution in [-0.2, 0) is 4.79 Å². The van der Waals surface area contributed by atoms with E-state index in [4.69, 9.17) is 11.5 Å². The summed E-state index contributed by atoms with van der Waals surface area (Å²) in [7, 11) is 0. The van der Waals surface area contributed by atoms with Gasteiger partial charge in [-0.25, -0.2) is 0 Å². The molecule has 94 valence electrons. The van der Waals surface area contributed by atoms with Crippen molar-refractivity contribution >= 4 is 17.3 Å². The lowest BCUT2D eigenvalue weighted by Crippen LogP contribution is -2.35. The average molecular weight is 235 g/mol. The highest BCUT2D eigenvalue weighted by Gasteiger charge is 2.13. The number of carbonyl (C=O) groups is 1. The van der Waals surface area contributed by atoms with Crippen LogP contribution in [0.15, 0.2) is 24.3 Å². The van der Waals surface area contributed by atoms with E-state index in [1.165, 1.54) is 0 Å². The SMILES string of the molecule is CC(C)CCC(N)C(=O)Nc1cccc(N)c1. The summed E-state index contributed by atoms with van der Waals surface area (Å²) in [5, 5.41) is 2.76. The minimum Gasteiger partial charge on any atom is -0.399 e. The molecule has 0 aliphatic heterocycles. The molecule has 0 saturated heterocycles. The lowest BCUT2D eigenvalue weighted by Gasteiger charge is -2.13.